The number of hydrogen-bond acceptors (Lipinski definition) is 2. The Morgan fingerprint density at radius 2 is 2.60 bits per heavy atom. The van der Waals surface area contributed by atoms with E-state index < -0.39 is 0 Å². The molecule has 0 aromatic rings. The fourth-order valence-electron chi connectivity index (χ4n) is 0.956. The van der Waals surface area contributed by atoms with Crippen LogP contribution in [0.4, 0.5) is 0 Å². The fourth-order valence-corrected chi connectivity index (χ4v) is 0.956. The van der Waals surface area contributed by atoms with E-state index in [9.17, 15) is 4.79 Å². The van der Waals surface area contributed by atoms with Crippen LogP contribution in [0, 0.1) is 12.3 Å². The van der Waals surface area contributed by atoms with Gasteiger partial charge in [0.15, 0.2) is 0 Å². The molecule has 10 heavy (non-hydrogen) atoms. The first kappa shape index (κ1) is 7.10. The summed E-state index contributed by atoms with van der Waals surface area (Å²) in [5, 5.41) is 2.72. The average Bonchev–Trinajstić information content (AvgIpc) is 1.88. The van der Waals surface area contributed by atoms with E-state index in [0.29, 0.717) is 13.1 Å². The van der Waals surface area contributed by atoms with E-state index in [1.165, 1.54) is 0 Å². The highest BCUT2D eigenvalue weighted by molar-refractivity contribution is 5.78. The maximum atomic E-state index is 10.7. The second-order valence-corrected chi connectivity index (χ2v) is 2.26. The Hall–Kier alpha value is -1.01. The van der Waals surface area contributed by atoms with Crippen molar-refractivity contribution in [2.75, 3.05) is 26.2 Å². The molecule has 1 rings (SSSR count). The van der Waals surface area contributed by atoms with Crippen LogP contribution in [-0.2, 0) is 4.79 Å². The van der Waals surface area contributed by atoms with E-state index in [2.05, 4.69) is 11.2 Å². The minimum Gasteiger partial charge on any atom is -0.354 e. The number of nitrogens with one attached hydrogen (secondary N) is 1. The summed E-state index contributed by atoms with van der Waals surface area (Å²) < 4.78 is 0. The first-order valence-electron chi connectivity index (χ1n) is 3.25. The van der Waals surface area contributed by atoms with Crippen molar-refractivity contribution in [2.24, 2.45) is 0 Å². The zero-order valence-electron chi connectivity index (χ0n) is 5.76. The van der Waals surface area contributed by atoms with E-state index in [0.717, 1.165) is 13.1 Å². The molecule has 1 aliphatic heterocycles. The number of terminal acetylenes is 1. The molecule has 0 aliphatic carbocycles. The van der Waals surface area contributed by atoms with Gasteiger partial charge in [0, 0.05) is 13.1 Å². The highest BCUT2D eigenvalue weighted by atomic mass is 16.2. The molecule has 0 saturated carbocycles. The number of nitrogens with zero attached hydrogens (tertiary/aromatic N) is 1. The highest BCUT2D eigenvalue weighted by Gasteiger charge is 2.13. The van der Waals surface area contributed by atoms with Gasteiger partial charge in [-0.25, -0.2) is 0 Å². The Morgan fingerprint density at radius 1 is 1.80 bits per heavy atom. The molecular formula is C7H10N2O. The van der Waals surface area contributed by atoms with Crippen molar-refractivity contribution in [2.45, 2.75) is 0 Å². The van der Waals surface area contributed by atoms with Crippen LogP contribution in [-0.4, -0.2) is 37.0 Å². The van der Waals surface area contributed by atoms with Crippen molar-refractivity contribution in [3.8, 4) is 12.3 Å². The van der Waals surface area contributed by atoms with E-state index in [-0.39, 0.29) is 5.91 Å². The van der Waals surface area contributed by atoms with Crippen LogP contribution in [0.15, 0.2) is 0 Å². The standard InChI is InChI=1S/C7H10N2O/c1-2-4-9-5-3-8-7(10)6-9/h1H,3-6H2,(H,8,10). The summed E-state index contributed by atoms with van der Waals surface area (Å²) >= 11 is 0. The molecule has 3 heteroatoms. The molecule has 1 saturated heterocycles. The van der Waals surface area contributed by atoms with Crippen LogP contribution in [0.3, 0.4) is 0 Å². The topological polar surface area (TPSA) is 32.3 Å². The second-order valence-electron chi connectivity index (χ2n) is 2.26. The van der Waals surface area contributed by atoms with Gasteiger partial charge in [-0.3, -0.25) is 9.69 Å². The number of rotatable bonds is 1. The van der Waals surface area contributed by atoms with Crippen molar-refractivity contribution in [3.63, 3.8) is 0 Å². The van der Waals surface area contributed by atoms with Gasteiger partial charge in [0.2, 0.25) is 5.91 Å². The Kier molecular flexibility index (Phi) is 2.30. The largest absolute Gasteiger partial charge is 0.354 e. The minimum absolute atomic E-state index is 0.0708. The van der Waals surface area contributed by atoms with Gasteiger partial charge in [0.1, 0.15) is 0 Å². The van der Waals surface area contributed by atoms with Crippen molar-refractivity contribution < 1.29 is 4.79 Å². The summed E-state index contributed by atoms with van der Waals surface area (Å²) in [5.74, 6) is 2.57. The quantitative estimate of drug-likeness (QED) is 0.474. The lowest BCUT2D eigenvalue weighted by molar-refractivity contribution is -0.123. The van der Waals surface area contributed by atoms with Crippen LogP contribution < -0.4 is 5.32 Å². The van der Waals surface area contributed by atoms with Gasteiger partial charge >= 0.3 is 0 Å². The van der Waals surface area contributed by atoms with E-state index >= 15 is 0 Å². The Labute approximate surface area is 60.4 Å². The monoisotopic (exact) mass is 138 g/mol. The molecule has 1 amide bonds. The van der Waals surface area contributed by atoms with Crippen molar-refractivity contribution in [3.05, 3.63) is 0 Å². The third kappa shape index (κ3) is 1.74. The summed E-state index contributed by atoms with van der Waals surface area (Å²) in [6.45, 7) is 2.62. The van der Waals surface area contributed by atoms with E-state index in [1.54, 1.807) is 0 Å². The normalized spacial score (nSPS) is 19.7. The summed E-state index contributed by atoms with van der Waals surface area (Å²) in [5.41, 5.74) is 0. The third-order valence-electron chi connectivity index (χ3n) is 1.43. The van der Waals surface area contributed by atoms with Gasteiger partial charge in [0.05, 0.1) is 13.1 Å². The smallest absolute Gasteiger partial charge is 0.234 e. The maximum absolute atomic E-state index is 10.7. The van der Waals surface area contributed by atoms with E-state index in [1.807, 2.05) is 4.90 Å². The molecular weight excluding hydrogens is 128 g/mol. The molecule has 0 aromatic heterocycles. The zero-order chi connectivity index (χ0) is 7.40. The van der Waals surface area contributed by atoms with Gasteiger partial charge in [-0.1, -0.05) is 5.92 Å². The molecule has 0 atom stereocenters. The van der Waals surface area contributed by atoms with Gasteiger partial charge in [-0.2, -0.15) is 0 Å². The first-order chi connectivity index (χ1) is 4.83. The minimum atomic E-state index is 0.0708. The Balaban J connectivity index is 2.34. The number of carbonyl (C=O) groups excluding carboxylic acids is 1. The Bertz CT molecular complexity index is 171. The molecule has 54 valence electrons. The van der Waals surface area contributed by atoms with Crippen LogP contribution in [0.1, 0.15) is 0 Å². The summed E-state index contributed by atoms with van der Waals surface area (Å²) in [4.78, 5) is 12.7. The molecule has 0 spiro atoms. The molecule has 1 N–H and O–H groups in total. The maximum Gasteiger partial charge on any atom is 0.234 e. The first-order valence-corrected chi connectivity index (χ1v) is 3.25. The number of amides is 1. The van der Waals surface area contributed by atoms with Crippen molar-refractivity contribution >= 4 is 5.91 Å². The summed E-state index contributed by atoms with van der Waals surface area (Å²) in [7, 11) is 0. The molecule has 3 nitrogen and oxygen atoms in total. The van der Waals surface area contributed by atoms with Crippen molar-refractivity contribution in [1.29, 1.82) is 0 Å². The molecule has 0 unspecified atom stereocenters. The molecule has 1 aliphatic rings. The van der Waals surface area contributed by atoms with Crippen LogP contribution in [0.2, 0.25) is 0 Å². The highest BCUT2D eigenvalue weighted by Crippen LogP contribution is 1.90. The fraction of sp³-hybridized carbons (Fsp3) is 0.571. The second kappa shape index (κ2) is 3.23. The van der Waals surface area contributed by atoms with Crippen LogP contribution in [0.25, 0.3) is 0 Å². The van der Waals surface area contributed by atoms with E-state index in [4.69, 9.17) is 6.42 Å². The number of carbonyl (C=O) groups is 1. The lowest BCUT2D eigenvalue weighted by Crippen LogP contribution is -2.47. The summed E-state index contributed by atoms with van der Waals surface area (Å²) in [6.07, 6.45) is 5.08. The van der Waals surface area contributed by atoms with Crippen LogP contribution in [0.5, 0.6) is 0 Å². The molecule has 1 fully saturated rings. The van der Waals surface area contributed by atoms with Gasteiger partial charge in [0.25, 0.3) is 0 Å². The van der Waals surface area contributed by atoms with Gasteiger partial charge < -0.3 is 5.32 Å². The van der Waals surface area contributed by atoms with Gasteiger partial charge in [-0.05, 0) is 0 Å². The lowest BCUT2D eigenvalue weighted by Gasteiger charge is -2.23. The lowest BCUT2D eigenvalue weighted by atomic mass is 10.3. The molecule has 0 bridgehead atoms. The third-order valence-corrected chi connectivity index (χ3v) is 1.43. The van der Waals surface area contributed by atoms with Gasteiger partial charge in [-0.15, -0.1) is 6.42 Å². The zero-order valence-corrected chi connectivity index (χ0v) is 5.76. The molecule has 0 aromatic carbocycles. The number of hydrogen-bond donors (Lipinski definition) is 1. The average molecular weight is 138 g/mol. The van der Waals surface area contributed by atoms with Crippen molar-refractivity contribution in [1.82, 2.24) is 10.2 Å². The predicted octanol–water partition coefficient (Wildman–Crippen LogP) is -0.949. The van der Waals surface area contributed by atoms with Crippen LogP contribution >= 0.6 is 0 Å². The predicted molar refractivity (Wildman–Crippen MR) is 38.3 cm³/mol. The number of piperazine rings is 1. The SMILES string of the molecule is C#CCN1CCNC(=O)C1. The molecule has 1 heterocycles. The Morgan fingerprint density at radius 3 is 3.20 bits per heavy atom. The summed E-state index contributed by atoms with van der Waals surface area (Å²) in [6, 6.07) is 0. The molecule has 0 radical (unpaired) electrons.